The standard InChI is InChI=1S/C29H29N5O2S2/c1-3-16-5-8-19-21(13-30)28(37-24(19)11-16)33-26(35)18-7-10-23(32-15-18)27(36)34-29-22(14-31)20-9-6-17(4-2)12-25(20)38-29/h7,10,15-17H,3-6,8-9,11-12H2,1-2H3,(H,33,35)(H,34,36). The van der Waals surface area contributed by atoms with E-state index in [2.05, 4.69) is 41.6 Å². The molecule has 9 heteroatoms. The van der Waals surface area contributed by atoms with Gasteiger partial charge in [0.25, 0.3) is 11.8 Å². The molecule has 2 aliphatic carbocycles. The number of nitrogens with zero attached hydrogens (tertiary/aromatic N) is 3. The number of pyridine rings is 1. The van der Waals surface area contributed by atoms with Gasteiger partial charge in [-0.25, -0.2) is 0 Å². The molecule has 38 heavy (non-hydrogen) atoms. The molecule has 0 aliphatic heterocycles. The van der Waals surface area contributed by atoms with Gasteiger partial charge in [0.1, 0.15) is 27.8 Å². The normalized spacial score (nSPS) is 18.0. The first-order valence-electron chi connectivity index (χ1n) is 13.1. The van der Waals surface area contributed by atoms with Gasteiger partial charge in [0.05, 0.1) is 16.7 Å². The van der Waals surface area contributed by atoms with Gasteiger partial charge in [-0.05, 0) is 73.6 Å². The number of carbonyl (C=O) groups excluding carboxylic acids is 2. The lowest BCUT2D eigenvalue weighted by Crippen LogP contribution is -2.16. The molecule has 0 fully saturated rings. The smallest absolute Gasteiger partial charge is 0.274 e. The van der Waals surface area contributed by atoms with Crippen molar-refractivity contribution in [3.05, 3.63) is 61.6 Å². The highest BCUT2D eigenvalue weighted by Crippen LogP contribution is 2.41. The summed E-state index contributed by atoms with van der Waals surface area (Å²) in [6, 6.07) is 7.62. The van der Waals surface area contributed by atoms with Crippen molar-refractivity contribution < 1.29 is 9.59 Å². The van der Waals surface area contributed by atoms with E-state index in [1.807, 2.05) is 0 Å². The van der Waals surface area contributed by atoms with Crippen molar-refractivity contribution in [3.63, 3.8) is 0 Å². The number of anilines is 2. The molecule has 3 aromatic heterocycles. The van der Waals surface area contributed by atoms with Gasteiger partial charge in [-0.15, -0.1) is 22.7 Å². The van der Waals surface area contributed by atoms with E-state index in [4.69, 9.17) is 0 Å². The molecule has 0 radical (unpaired) electrons. The van der Waals surface area contributed by atoms with Gasteiger partial charge < -0.3 is 10.6 Å². The first-order chi connectivity index (χ1) is 18.4. The number of hydrogen-bond acceptors (Lipinski definition) is 7. The SMILES string of the molecule is CCC1CCc2c(sc(NC(=O)c3ccc(C(=O)Nc4sc5c(c4C#N)CCC(CC)C5)nc3)c2C#N)C1. The minimum atomic E-state index is -0.415. The number of nitriles is 2. The number of hydrogen-bond donors (Lipinski definition) is 2. The predicted octanol–water partition coefficient (Wildman–Crippen LogP) is 6.48. The fourth-order valence-electron chi connectivity index (χ4n) is 5.42. The Morgan fingerprint density at radius 3 is 1.87 bits per heavy atom. The number of amides is 2. The quantitative estimate of drug-likeness (QED) is 0.369. The van der Waals surface area contributed by atoms with E-state index in [0.29, 0.717) is 38.5 Å². The first kappa shape index (κ1) is 26.1. The Labute approximate surface area is 230 Å². The predicted molar refractivity (Wildman–Crippen MR) is 150 cm³/mol. The van der Waals surface area contributed by atoms with Crippen LogP contribution in [0.2, 0.25) is 0 Å². The molecule has 2 N–H and O–H groups in total. The van der Waals surface area contributed by atoms with Gasteiger partial charge in [-0.2, -0.15) is 10.5 Å². The van der Waals surface area contributed by atoms with Gasteiger partial charge in [0, 0.05) is 16.0 Å². The molecule has 0 saturated carbocycles. The highest BCUT2D eigenvalue weighted by molar-refractivity contribution is 7.17. The second-order valence-corrected chi connectivity index (χ2v) is 12.2. The maximum Gasteiger partial charge on any atom is 0.274 e. The molecule has 0 spiro atoms. The minimum absolute atomic E-state index is 0.165. The number of aromatic nitrogens is 1. The summed E-state index contributed by atoms with van der Waals surface area (Å²) in [5.74, 6) is 0.460. The highest BCUT2D eigenvalue weighted by atomic mass is 32.1. The third-order valence-electron chi connectivity index (χ3n) is 7.83. The molecule has 0 saturated heterocycles. The Balaban J connectivity index is 1.28. The third kappa shape index (κ3) is 4.97. The van der Waals surface area contributed by atoms with Crippen LogP contribution in [0.1, 0.15) is 92.4 Å². The lowest BCUT2D eigenvalue weighted by Gasteiger charge is -2.20. The highest BCUT2D eigenvalue weighted by Gasteiger charge is 2.27. The largest absolute Gasteiger partial charge is 0.312 e. The number of fused-ring (bicyclic) bond motifs is 2. The Morgan fingerprint density at radius 1 is 0.895 bits per heavy atom. The number of thiophene rings is 2. The molecule has 194 valence electrons. The third-order valence-corrected chi connectivity index (χ3v) is 10.2. The van der Waals surface area contributed by atoms with Crippen LogP contribution in [0.5, 0.6) is 0 Å². The summed E-state index contributed by atoms with van der Waals surface area (Å²) in [5, 5.41) is 26.4. The van der Waals surface area contributed by atoms with E-state index >= 15 is 0 Å². The molecule has 2 aliphatic rings. The van der Waals surface area contributed by atoms with Crippen LogP contribution in [0.25, 0.3) is 0 Å². The van der Waals surface area contributed by atoms with Crippen LogP contribution in [0.3, 0.4) is 0 Å². The molecule has 7 nitrogen and oxygen atoms in total. The van der Waals surface area contributed by atoms with E-state index in [-0.39, 0.29) is 11.6 Å². The summed E-state index contributed by atoms with van der Waals surface area (Å²) in [6.07, 6.45) is 9.35. The van der Waals surface area contributed by atoms with Crippen molar-refractivity contribution in [3.8, 4) is 12.1 Å². The van der Waals surface area contributed by atoms with Gasteiger partial charge in [-0.3, -0.25) is 14.6 Å². The maximum atomic E-state index is 12.9. The zero-order valence-electron chi connectivity index (χ0n) is 21.5. The van der Waals surface area contributed by atoms with E-state index in [0.717, 1.165) is 62.5 Å². The molecule has 2 amide bonds. The van der Waals surface area contributed by atoms with E-state index in [1.54, 1.807) is 6.07 Å². The molecule has 5 rings (SSSR count). The summed E-state index contributed by atoms with van der Waals surface area (Å²) in [4.78, 5) is 32.5. The van der Waals surface area contributed by atoms with Gasteiger partial charge in [-0.1, -0.05) is 26.7 Å². The van der Waals surface area contributed by atoms with Crippen LogP contribution in [-0.4, -0.2) is 16.8 Å². The van der Waals surface area contributed by atoms with Crippen molar-refractivity contribution in [1.29, 1.82) is 10.5 Å². The second-order valence-electron chi connectivity index (χ2n) is 10.0. The van der Waals surface area contributed by atoms with Crippen LogP contribution < -0.4 is 10.6 Å². The molecule has 3 heterocycles. The van der Waals surface area contributed by atoms with Gasteiger partial charge in [0.15, 0.2) is 0 Å². The average molecular weight is 544 g/mol. The molecular weight excluding hydrogens is 514 g/mol. The fraction of sp³-hybridized carbons (Fsp3) is 0.414. The van der Waals surface area contributed by atoms with Crippen molar-refractivity contribution in [2.75, 3.05) is 10.6 Å². The number of nitrogens with one attached hydrogen (secondary N) is 2. The molecule has 2 atom stereocenters. The minimum Gasteiger partial charge on any atom is -0.312 e. The second kappa shape index (κ2) is 11.1. The number of carbonyl (C=O) groups is 2. The summed E-state index contributed by atoms with van der Waals surface area (Å²) in [6.45, 7) is 4.37. The summed E-state index contributed by atoms with van der Waals surface area (Å²) in [7, 11) is 0. The van der Waals surface area contributed by atoms with Crippen molar-refractivity contribution in [2.45, 2.75) is 65.2 Å². The Morgan fingerprint density at radius 2 is 1.42 bits per heavy atom. The Kier molecular flexibility index (Phi) is 7.60. The monoisotopic (exact) mass is 543 g/mol. The first-order valence-corrected chi connectivity index (χ1v) is 14.8. The fourth-order valence-corrected chi connectivity index (χ4v) is 8.04. The molecule has 2 unspecified atom stereocenters. The lowest BCUT2D eigenvalue weighted by atomic mass is 9.86. The van der Waals surface area contributed by atoms with E-state index in [9.17, 15) is 20.1 Å². The molecule has 0 bridgehead atoms. The molecule has 3 aromatic rings. The molecular formula is C29H29N5O2S2. The topological polar surface area (TPSA) is 119 Å². The summed E-state index contributed by atoms with van der Waals surface area (Å²) < 4.78 is 0. The Hall–Kier alpha value is -3.53. The van der Waals surface area contributed by atoms with Crippen LogP contribution in [0, 0.1) is 34.5 Å². The van der Waals surface area contributed by atoms with E-state index in [1.165, 1.54) is 44.7 Å². The van der Waals surface area contributed by atoms with Crippen molar-refractivity contribution >= 4 is 44.5 Å². The summed E-state index contributed by atoms with van der Waals surface area (Å²) >= 11 is 2.97. The zero-order valence-corrected chi connectivity index (χ0v) is 23.2. The maximum absolute atomic E-state index is 12.9. The number of rotatable bonds is 6. The van der Waals surface area contributed by atoms with Crippen LogP contribution in [-0.2, 0) is 25.7 Å². The zero-order chi connectivity index (χ0) is 26.8. The van der Waals surface area contributed by atoms with Gasteiger partial charge in [0.2, 0.25) is 0 Å². The van der Waals surface area contributed by atoms with Crippen molar-refractivity contribution in [1.82, 2.24) is 4.98 Å². The van der Waals surface area contributed by atoms with Crippen LogP contribution in [0.4, 0.5) is 10.0 Å². The van der Waals surface area contributed by atoms with Crippen LogP contribution in [0.15, 0.2) is 18.3 Å². The lowest BCUT2D eigenvalue weighted by molar-refractivity contribution is 0.101. The molecule has 0 aromatic carbocycles. The Bertz CT molecular complexity index is 1360. The average Bonchev–Trinajstić information content (AvgIpc) is 3.47. The summed E-state index contributed by atoms with van der Waals surface area (Å²) in [5.41, 5.74) is 3.72. The van der Waals surface area contributed by atoms with Gasteiger partial charge >= 0.3 is 0 Å². The van der Waals surface area contributed by atoms with E-state index < -0.39 is 5.91 Å². The van der Waals surface area contributed by atoms with Crippen molar-refractivity contribution in [2.24, 2.45) is 11.8 Å². The van der Waals surface area contributed by atoms with Crippen LogP contribution >= 0.6 is 22.7 Å².